The van der Waals surface area contributed by atoms with E-state index in [2.05, 4.69) is 31.5 Å². The molecule has 2 aliphatic rings. The molecule has 242 valence electrons. The predicted octanol–water partition coefficient (Wildman–Crippen LogP) is 5.74. The fourth-order valence-corrected chi connectivity index (χ4v) is 5.13. The van der Waals surface area contributed by atoms with E-state index in [9.17, 15) is 37.1 Å². The van der Waals surface area contributed by atoms with E-state index < -0.39 is 60.3 Å². The van der Waals surface area contributed by atoms with E-state index in [1.165, 1.54) is 17.7 Å². The quantitative estimate of drug-likeness (QED) is 0.187. The summed E-state index contributed by atoms with van der Waals surface area (Å²) >= 11 is 0. The highest BCUT2D eigenvalue weighted by atomic mass is 19.3. The monoisotopic (exact) mass is 643 g/mol. The number of carbonyl (C=O) groups excluding carboxylic acids is 2. The zero-order chi connectivity index (χ0) is 33.1. The smallest absolute Gasteiger partial charge is 0.479 e. The van der Waals surface area contributed by atoms with E-state index >= 15 is 0 Å². The number of aliphatic hydroxyl groups excluding tert-OH is 1. The molecule has 1 unspecified atom stereocenters. The highest BCUT2D eigenvalue weighted by Crippen LogP contribution is 2.47. The summed E-state index contributed by atoms with van der Waals surface area (Å²) in [6.07, 6.45) is -4.34. The van der Waals surface area contributed by atoms with Crippen LogP contribution in [0.5, 0.6) is 5.75 Å². The van der Waals surface area contributed by atoms with Crippen molar-refractivity contribution in [1.29, 1.82) is 0 Å². The summed E-state index contributed by atoms with van der Waals surface area (Å²) < 4.78 is 62.9. The molecule has 0 aromatic heterocycles. The molecular weight excluding hydrogens is 614 g/mol. The van der Waals surface area contributed by atoms with Crippen molar-refractivity contribution in [2.75, 3.05) is 11.9 Å². The molecule has 1 aliphatic heterocycles. The Morgan fingerprint density at radius 1 is 0.913 bits per heavy atom. The van der Waals surface area contributed by atoms with E-state index in [4.69, 9.17) is 5.11 Å². The SMILES string of the molecule is O=C(Nc1ccc2c(c1)C(F)(F)OC(F)(F)O2)NC(c1ccc(C(=O)NC[C@@H](O)C(=O)O)cc1)c1ccc(C2=CCCCC2)cc1. The van der Waals surface area contributed by atoms with Gasteiger partial charge in [0, 0.05) is 11.3 Å². The van der Waals surface area contributed by atoms with Gasteiger partial charge >= 0.3 is 24.4 Å². The fourth-order valence-electron chi connectivity index (χ4n) is 5.13. The molecule has 5 N–H and O–H groups in total. The van der Waals surface area contributed by atoms with Crippen LogP contribution in [0.25, 0.3) is 5.57 Å². The molecule has 1 heterocycles. The van der Waals surface area contributed by atoms with Crippen molar-refractivity contribution < 1.29 is 51.6 Å². The Balaban J connectivity index is 1.37. The molecule has 10 nitrogen and oxygen atoms in total. The molecule has 46 heavy (non-hydrogen) atoms. The molecule has 3 amide bonds. The number of nitrogens with one attached hydrogen (secondary N) is 3. The maximum Gasteiger partial charge on any atom is 0.540 e. The molecule has 0 fully saturated rings. The van der Waals surface area contributed by atoms with Gasteiger partial charge in [-0.05, 0) is 78.3 Å². The third-order valence-corrected chi connectivity index (χ3v) is 7.46. The third-order valence-electron chi connectivity index (χ3n) is 7.46. The van der Waals surface area contributed by atoms with E-state index in [1.54, 1.807) is 12.1 Å². The second kappa shape index (κ2) is 13.2. The second-order valence-corrected chi connectivity index (χ2v) is 10.7. The normalized spacial score (nSPS) is 17.7. The highest BCUT2D eigenvalue weighted by molar-refractivity contribution is 5.94. The number of carbonyl (C=O) groups is 3. The van der Waals surface area contributed by atoms with Gasteiger partial charge in [-0.2, -0.15) is 8.78 Å². The number of benzene rings is 3. The topological polar surface area (TPSA) is 146 Å². The number of alkyl halides is 4. The van der Waals surface area contributed by atoms with Gasteiger partial charge in [-0.25, -0.2) is 14.3 Å². The summed E-state index contributed by atoms with van der Waals surface area (Å²) in [6.45, 7) is -0.502. The number of allylic oxidation sites excluding steroid dienone is 2. The molecule has 1 aliphatic carbocycles. The van der Waals surface area contributed by atoms with Crippen LogP contribution >= 0.6 is 0 Å². The van der Waals surface area contributed by atoms with Gasteiger partial charge in [-0.1, -0.05) is 42.5 Å². The van der Waals surface area contributed by atoms with Crippen LogP contribution in [0.1, 0.15) is 64.3 Å². The van der Waals surface area contributed by atoms with E-state index in [0.717, 1.165) is 49.4 Å². The van der Waals surface area contributed by atoms with Crippen molar-refractivity contribution in [3.8, 4) is 5.75 Å². The minimum atomic E-state index is -4.53. The Morgan fingerprint density at radius 3 is 2.22 bits per heavy atom. The molecule has 5 rings (SSSR count). The van der Waals surface area contributed by atoms with Gasteiger partial charge in [0.05, 0.1) is 18.2 Å². The van der Waals surface area contributed by atoms with Crippen molar-refractivity contribution >= 4 is 29.2 Å². The maximum atomic E-state index is 14.3. The lowest BCUT2D eigenvalue weighted by Gasteiger charge is -2.30. The molecule has 0 saturated heterocycles. The average molecular weight is 644 g/mol. The zero-order valence-corrected chi connectivity index (χ0v) is 24.1. The van der Waals surface area contributed by atoms with E-state index in [1.807, 2.05) is 24.3 Å². The number of carboxylic acids is 1. The number of hydrogen-bond donors (Lipinski definition) is 5. The van der Waals surface area contributed by atoms with Gasteiger partial charge in [0.2, 0.25) is 0 Å². The Kier molecular flexibility index (Phi) is 9.30. The van der Waals surface area contributed by atoms with Gasteiger partial charge in [-0.15, -0.1) is 8.78 Å². The van der Waals surface area contributed by atoms with Crippen molar-refractivity contribution in [3.05, 3.63) is 101 Å². The first-order valence-electron chi connectivity index (χ1n) is 14.3. The first-order valence-corrected chi connectivity index (χ1v) is 14.3. The Morgan fingerprint density at radius 2 is 1.59 bits per heavy atom. The minimum absolute atomic E-state index is 0.151. The predicted molar refractivity (Wildman–Crippen MR) is 156 cm³/mol. The standard InChI is InChI=1S/C32H29F4N3O7/c33-31(34)24-16-23(14-15-26(24)45-32(35,36)46-31)38-30(44)39-27(20-8-6-19(7-9-20)18-4-2-1-3-5-18)21-10-12-22(13-11-21)28(41)37-17-25(40)29(42)43/h4,6-16,25,27,40H,1-3,5,17H2,(H,37,41)(H,42,43)(H2,38,39,44)/t25-,27?/m1/s1. The Hall–Kier alpha value is -4.95. The number of aliphatic hydroxyl groups is 1. The number of halogens is 4. The van der Waals surface area contributed by atoms with Gasteiger partial charge in [0.15, 0.2) is 6.10 Å². The summed E-state index contributed by atoms with van der Waals surface area (Å²) in [4.78, 5) is 36.4. The number of rotatable bonds is 9. The summed E-state index contributed by atoms with van der Waals surface area (Å²) in [5.74, 6) is -2.92. The van der Waals surface area contributed by atoms with Crippen LogP contribution in [0.3, 0.4) is 0 Å². The first kappa shape index (κ1) is 32.4. The molecule has 2 atom stereocenters. The molecular formula is C32H29F4N3O7. The number of amides is 3. The number of carboxylic acid groups (broad SMARTS) is 1. The van der Waals surface area contributed by atoms with Crippen LogP contribution < -0.4 is 20.7 Å². The molecule has 0 bridgehead atoms. The van der Waals surface area contributed by atoms with Crippen LogP contribution in [0.4, 0.5) is 28.0 Å². The Bertz CT molecular complexity index is 1650. The van der Waals surface area contributed by atoms with E-state index in [-0.39, 0.29) is 11.3 Å². The highest BCUT2D eigenvalue weighted by Gasteiger charge is 2.54. The molecule has 0 saturated carbocycles. The lowest BCUT2D eigenvalue weighted by Crippen LogP contribution is -2.41. The van der Waals surface area contributed by atoms with Crippen molar-refractivity contribution in [1.82, 2.24) is 10.6 Å². The number of urea groups is 1. The fraction of sp³-hybridized carbons (Fsp3) is 0.281. The second-order valence-electron chi connectivity index (χ2n) is 10.7. The number of aliphatic carboxylic acids is 1. The van der Waals surface area contributed by atoms with Crippen LogP contribution in [-0.2, 0) is 15.6 Å². The van der Waals surface area contributed by atoms with Crippen LogP contribution in [-0.4, -0.2) is 47.1 Å². The number of ether oxygens (including phenoxy) is 2. The first-order chi connectivity index (χ1) is 21.8. The Labute approximate surface area is 260 Å². The summed E-state index contributed by atoms with van der Waals surface area (Å²) in [6, 6.07) is 14.7. The lowest BCUT2D eigenvalue weighted by atomic mass is 9.91. The van der Waals surface area contributed by atoms with Gasteiger partial charge in [0.1, 0.15) is 5.75 Å². The van der Waals surface area contributed by atoms with Crippen LogP contribution in [0, 0.1) is 0 Å². The van der Waals surface area contributed by atoms with Crippen molar-refractivity contribution in [2.45, 2.75) is 50.2 Å². The summed E-state index contributed by atoms with van der Waals surface area (Å²) in [5, 5.41) is 25.7. The van der Waals surface area contributed by atoms with E-state index in [0.29, 0.717) is 11.1 Å². The maximum absolute atomic E-state index is 14.3. The summed E-state index contributed by atoms with van der Waals surface area (Å²) in [7, 11) is 0. The average Bonchev–Trinajstić information content (AvgIpc) is 3.02. The molecule has 14 heteroatoms. The van der Waals surface area contributed by atoms with Crippen LogP contribution in [0.15, 0.2) is 72.8 Å². The molecule has 0 radical (unpaired) electrons. The summed E-state index contributed by atoms with van der Waals surface area (Å²) in [5.41, 5.74) is 2.45. The van der Waals surface area contributed by atoms with Crippen LogP contribution in [0.2, 0.25) is 0 Å². The largest absolute Gasteiger partial charge is 0.540 e. The van der Waals surface area contributed by atoms with Gasteiger partial charge in [-0.3, -0.25) is 4.79 Å². The molecule has 0 spiro atoms. The molecule has 3 aromatic rings. The third kappa shape index (κ3) is 7.64. The number of fused-ring (bicyclic) bond motifs is 1. The number of anilines is 1. The van der Waals surface area contributed by atoms with Crippen molar-refractivity contribution in [3.63, 3.8) is 0 Å². The molecule has 3 aromatic carbocycles. The number of hydrogen-bond acceptors (Lipinski definition) is 6. The van der Waals surface area contributed by atoms with Gasteiger partial charge in [0.25, 0.3) is 5.91 Å². The lowest BCUT2D eigenvalue weighted by molar-refractivity contribution is -0.461. The zero-order valence-electron chi connectivity index (χ0n) is 24.1. The van der Waals surface area contributed by atoms with Crippen molar-refractivity contribution in [2.24, 2.45) is 0 Å². The minimum Gasteiger partial charge on any atom is -0.479 e. The van der Waals surface area contributed by atoms with Gasteiger partial charge < -0.3 is 30.9 Å².